The summed E-state index contributed by atoms with van der Waals surface area (Å²) in [5.74, 6) is 0. The van der Waals surface area contributed by atoms with Gasteiger partial charge in [0.1, 0.15) is 0 Å². The number of hydrogen-bond donors (Lipinski definition) is 1. The maximum atomic E-state index is 9.09. The normalized spacial score (nSPS) is 17.7. The fraction of sp³-hybridized carbons (Fsp3) is 0.533. The Morgan fingerprint density at radius 3 is 2.39 bits per heavy atom. The number of benzene rings is 1. The average molecular weight is 244 g/mol. The number of ether oxygens (including phenoxy) is 1. The molecule has 96 valence electrons. The Balaban J connectivity index is 1.98. The first kappa shape index (κ1) is 12.9. The second-order valence-electron chi connectivity index (χ2n) is 5.97. The number of anilines is 1. The van der Waals surface area contributed by atoms with E-state index in [-0.39, 0.29) is 5.41 Å². The lowest BCUT2D eigenvalue weighted by molar-refractivity contribution is -0.0924. The predicted molar refractivity (Wildman–Crippen MR) is 72.5 cm³/mol. The highest BCUT2D eigenvalue weighted by atomic mass is 16.5. The van der Waals surface area contributed by atoms with Crippen LogP contribution in [-0.4, -0.2) is 19.8 Å². The number of nitrogens with zero attached hydrogens (tertiary/aromatic N) is 1. The molecule has 1 aliphatic heterocycles. The van der Waals surface area contributed by atoms with Crippen molar-refractivity contribution < 1.29 is 4.74 Å². The molecular formula is C15H20N2O. The number of rotatable bonds is 4. The first-order valence-electron chi connectivity index (χ1n) is 6.29. The van der Waals surface area contributed by atoms with Crippen molar-refractivity contribution in [3.05, 3.63) is 29.8 Å². The quantitative estimate of drug-likeness (QED) is 0.885. The maximum Gasteiger partial charge on any atom is 0.0766 e. The van der Waals surface area contributed by atoms with Gasteiger partial charge in [0.25, 0.3) is 0 Å². The minimum Gasteiger partial charge on any atom is -0.384 e. The fourth-order valence-electron chi connectivity index (χ4n) is 1.94. The van der Waals surface area contributed by atoms with E-state index in [1.165, 1.54) is 0 Å². The van der Waals surface area contributed by atoms with Crippen LogP contribution in [0, 0.1) is 16.7 Å². The third-order valence-corrected chi connectivity index (χ3v) is 3.51. The van der Waals surface area contributed by atoms with E-state index in [1.54, 1.807) is 0 Å². The van der Waals surface area contributed by atoms with Gasteiger partial charge in [-0.05, 0) is 31.5 Å². The first-order valence-corrected chi connectivity index (χ1v) is 6.29. The van der Waals surface area contributed by atoms with Gasteiger partial charge in [-0.1, -0.05) is 19.1 Å². The first-order chi connectivity index (χ1) is 8.45. The van der Waals surface area contributed by atoms with Crippen molar-refractivity contribution in [2.45, 2.75) is 26.2 Å². The minimum absolute atomic E-state index is 0.268. The molecule has 1 heterocycles. The van der Waals surface area contributed by atoms with Crippen LogP contribution in [0.5, 0.6) is 0 Å². The van der Waals surface area contributed by atoms with E-state index in [2.05, 4.69) is 18.3 Å². The highest BCUT2D eigenvalue weighted by Crippen LogP contribution is 2.28. The van der Waals surface area contributed by atoms with Gasteiger partial charge in [0.15, 0.2) is 0 Å². The number of nitrogens with one attached hydrogen (secondary N) is 1. The van der Waals surface area contributed by atoms with Gasteiger partial charge in [0, 0.05) is 17.6 Å². The second kappa shape index (κ2) is 4.62. The van der Waals surface area contributed by atoms with Crippen molar-refractivity contribution in [3.8, 4) is 6.07 Å². The van der Waals surface area contributed by atoms with Gasteiger partial charge in [-0.2, -0.15) is 5.26 Å². The largest absolute Gasteiger partial charge is 0.384 e. The highest BCUT2D eigenvalue weighted by molar-refractivity contribution is 5.47. The van der Waals surface area contributed by atoms with Crippen LogP contribution in [0.25, 0.3) is 0 Å². The van der Waals surface area contributed by atoms with Crippen molar-refractivity contribution in [1.82, 2.24) is 0 Å². The summed E-state index contributed by atoms with van der Waals surface area (Å²) >= 11 is 0. The molecule has 2 rings (SSSR count). The molecule has 1 aliphatic rings. The van der Waals surface area contributed by atoms with E-state index in [1.807, 2.05) is 38.1 Å². The molecule has 0 radical (unpaired) electrons. The van der Waals surface area contributed by atoms with Gasteiger partial charge in [-0.15, -0.1) is 0 Å². The van der Waals surface area contributed by atoms with E-state index in [9.17, 15) is 0 Å². The highest BCUT2D eigenvalue weighted by Gasteiger charge is 2.32. The van der Waals surface area contributed by atoms with E-state index < -0.39 is 5.41 Å². The third kappa shape index (κ3) is 2.65. The molecule has 3 nitrogen and oxygen atoms in total. The third-order valence-electron chi connectivity index (χ3n) is 3.51. The van der Waals surface area contributed by atoms with Crippen molar-refractivity contribution in [2.24, 2.45) is 5.41 Å². The second-order valence-corrected chi connectivity index (χ2v) is 5.97. The monoisotopic (exact) mass is 244 g/mol. The Hall–Kier alpha value is -1.53. The molecule has 0 spiro atoms. The molecule has 0 aromatic heterocycles. The Morgan fingerprint density at radius 2 is 1.94 bits per heavy atom. The predicted octanol–water partition coefficient (Wildman–Crippen LogP) is 2.94. The van der Waals surface area contributed by atoms with Crippen molar-refractivity contribution >= 4 is 5.69 Å². The molecule has 1 fully saturated rings. The van der Waals surface area contributed by atoms with Crippen LogP contribution in [0.1, 0.15) is 26.3 Å². The molecule has 18 heavy (non-hydrogen) atoms. The zero-order valence-corrected chi connectivity index (χ0v) is 11.3. The lowest BCUT2D eigenvalue weighted by Gasteiger charge is -2.38. The zero-order valence-electron chi connectivity index (χ0n) is 11.3. The summed E-state index contributed by atoms with van der Waals surface area (Å²) in [7, 11) is 0. The minimum atomic E-state index is -0.424. The van der Waals surface area contributed by atoms with Crippen LogP contribution in [0.15, 0.2) is 24.3 Å². The van der Waals surface area contributed by atoms with Gasteiger partial charge in [0.2, 0.25) is 0 Å². The molecule has 0 aliphatic carbocycles. The number of hydrogen-bond acceptors (Lipinski definition) is 3. The van der Waals surface area contributed by atoms with Crippen molar-refractivity contribution in [1.29, 1.82) is 5.26 Å². The molecule has 1 aromatic carbocycles. The molecule has 3 heteroatoms. The van der Waals surface area contributed by atoms with Gasteiger partial charge in [-0.3, -0.25) is 0 Å². The van der Waals surface area contributed by atoms with Crippen LogP contribution in [0.3, 0.4) is 0 Å². The summed E-state index contributed by atoms with van der Waals surface area (Å²) in [5.41, 5.74) is 1.99. The Bertz CT molecular complexity index is 452. The molecule has 0 bridgehead atoms. The van der Waals surface area contributed by atoms with E-state index >= 15 is 0 Å². The van der Waals surface area contributed by atoms with Gasteiger partial charge in [-0.25, -0.2) is 0 Å². The lowest BCUT2D eigenvalue weighted by Crippen LogP contribution is -2.45. The molecular weight excluding hydrogens is 224 g/mol. The van der Waals surface area contributed by atoms with E-state index in [4.69, 9.17) is 10.00 Å². The summed E-state index contributed by atoms with van der Waals surface area (Å²) in [6.07, 6.45) is 0. The molecule has 0 atom stereocenters. The Labute approximate surface area is 109 Å². The summed E-state index contributed by atoms with van der Waals surface area (Å²) in [6, 6.07) is 10.4. The van der Waals surface area contributed by atoms with Crippen LogP contribution in [-0.2, 0) is 10.2 Å². The van der Waals surface area contributed by atoms with Crippen LogP contribution < -0.4 is 5.32 Å². The smallest absolute Gasteiger partial charge is 0.0766 e. The van der Waals surface area contributed by atoms with Gasteiger partial charge < -0.3 is 10.1 Å². The van der Waals surface area contributed by atoms with Gasteiger partial charge >= 0.3 is 0 Å². The van der Waals surface area contributed by atoms with E-state index in [0.717, 1.165) is 31.0 Å². The maximum absolute atomic E-state index is 9.09. The van der Waals surface area contributed by atoms with E-state index in [0.29, 0.717) is 0 Å². The molecule has 0 saturated carbocycles. The zero-order chi connectivity index (χ0) is 13.2. The summed E-state index contributed by atoms with van der Waals surface area (Å²) in [5, 5.41) is 12.5. The van der Waals surface area contributed by atoms with Crippen molar-refractivity contribution in [2.75, 3.05) is 25.1 Å². The molecule has 0 amide bonds. The molecule has 1 aromatic rings. The molecule has 0 unspecified atom stereocenters. The number of nitriles is 1. The van der Waals surface area contributed by atoms with Crippen LogP contribution in [0.2, 0.25) is 0 Å². The lowest BCUT2D eigenvalue weighted by atomic mass is 9.86. The van der Waals surface area contributed by atoms with Crippen molar-refractivity contribution in [3.63, 3.8) is 0 Å². The molecule has 1 saturated heterocycles. The summed E-state index contributed by atoms with van der Waals surface area (Å²) in [6.45, 7) is 8.67. The average Bonchev–Trinajstić information content (AvgIpc) is 2.34. The topological polar surface area (TPSA) is 45.0 Å². The Morgan fingerprint density at radius 1 is 1.33 bits per heavy atom. The van der Waals surface area contributed by atoms with Crippen LogP contribution in [0.4, 0.5) is 5.69 Å². The van der Waals surface area contributed by atoms with Gasteiger partial charge in [0.05, 0.1) is 24.7 Å². The standard InChI is InChI=1S/C15H20N2O/c1-14(2,8-16)12-4-6-13(7-5-12)17-9-15(3)10-18-11-15/h4-7,17H,9-11H2,1-3H3. The van der Waals surface area contributed by atoms with Crippen LogP contribution >= 0.6 is 0 Å². The SMILES string of the molecule is CC1(CNc2ccc(C(C)(C)C#N)cc2)COC1. The summed E-state index contributed by atoms with van der Waals surface area (Å²) < 4.78 is 5.23. The Kier molecular flexibility index (Phi) is 3.32. The summed E-state index contributed by atoms with van der Waals surface area (Å²) in [4.78, 5) is 0. The molecule has 1 N–H and O–H groups in total. The fourth-order valence-corrected chi connectivity index (χ4v) is 1.94.